The van der Waals surface area contributed by atoms with E-state index in [1.54, 1.807) is 18.2 Å². The summed E-state index contributed by atoms with van der Waals surface area (Å²) in [6.07, 6.45) is 0. The number of carbonyl (C=O) groups is 1. The average Bonchev–Trinajstić information content (AvgIpc) is 3.10. The maximum atomic E-state index is 12.3. The van der Waals surface area contributed by atoms with Gasteiger partial charge in [0.2, 0.25) is 5.91 Å². The molecule has 0 fully saturated rings. The summed E-state index contributed by atoms with van der Waals surface area (Å²) in [4.78, 5) is 14.6. The van der Waals surface area contributed by atoms with Crippen LogP contribution in [0, 0.1) is 0 Å². The Hall–Kier alpha value is -2.22. The molecule has 1 N–H and O–H groups in total. The minimum Gasteiger partial charge on any atom is -0.372 e. The molecule has 9 heteroatoms. The summed E-state index contributed by atoms with van der Waals surface area (Å²) in [5.74, 6) is 0.758. The third kappa shape index (κ3) is 5.28. The Kier molecular flexibility index (Phi) is 7.64. The molecule has 1 aromatic heterocycles. The van der Waals surface area contributed by atoms with Crippen LogP contribution in [0.15, 0.2) is 47.6 Å². The number of carbonyl (C=O) groups excluding carboxylic acids is 1. The van der Waals surface area contributed by atoms with Gasteiger partial charge in [0.05, 0.1) is 16.5 Å². The first-order valence-corrected chi connectivity index (χ1v) is 11.3. The van der Waals surface area contributed by atoms with Crippen LogP contribution in [0.1, 0.15) is 13.8 Å². The van der Waals surface area contributed by atoms with Crippen molar-refractivity contribution in [2.45, 2.75) is 19.0 Å². The fraction of sp³-hybridized carbons (Fsp3) is 0.286. The summed E-state index contributed by atoms with van der Waals surface area (Å²) in [6, 6.07) is 13.2. The fourth-order valence-electron chi connectivity index (χ4n) is 3.01. The van der Waals surface area contributed by atoms with Gasteiger partial charge in [0.15, 0.2) is 11.0 Å². The molecular formula is C21H23Cl2N5OS. The van der Waals surface area contributed by atoms with Crippen LogP contribution >= 0.6 is 35.0 Å². The molecule has 6 nitrogen and oxygen atoms in total. The number of anilines is 2. The number of rotatable bonds is 8. The third-order valence-electron chi connectivity index (χ3n) is 4.63. The molecule has 1 amide bonds. The number of benzene rings is 2. The Morgan fingerprint density at radius 3 is 2.43 bits per heavy atom. The molecule has 1 heterocycles. The third-order valence-corrected chi connectivity index (χ3v) is 6.19. The van der Waals surface area contributed by atoms with Crippen molar-refractivity contribution >= 4 is 52.2 Å². The minimum atomic E-state index is -0.183. The summed E-state index contributed by atoms with van der Waals surface area (Å²) in [6.45, 7) is 6.20. The molecule has 0 atom stereocenters. The van der Waals surface area contributed by atoms with Gasteiger partial charge in [-0.3, -0.25) is 4.79 Å². The zero-order valence-electron chi connectivity index (χ0n) is 17.0. The lowest BCUT2D eigenvalue weighted by Crippen LogP contribution is -2.21. The van der Waals surface area contributed by atoms with E-state index >= 15 is 0 Å². The van der Waals surface area contributed by atoms with E-state index in [9.17, 15) is 4.79 Å². The number of hydrogen-bond acceptors (Lipinski definition) is 5. The second kappa shape index (κ2) is 10.2. The highest BCUT2D eigenvalue weighted by Gasteiger charge is 2.14. The molecule has 0 radical (unpaired) electrons. The van der Waals surface area contributed by atoms with Crippen LogP contribution < -0.4 is 10.2 Å². The van der Waals surface area contributed by atoms with Crippen molar-refractivity contribution in [3.05, 3.63) is 52.5 Å². The van der Waals surface area contributed by atoms with Gasteiger partial charge < -0.3 is 14.8 Å². The number of nitrogens with one attached hydrogen (secondary N) is 1. The van der Waals surface area contributed by atoms with Crippen LogP contribution in [0.2, 0.25) is 10.0 Å². The molecule has 3 rings (SSSR count). The van der Waals surface area contributed by atoms with Crippen LogP contribution in [-0.4, -0.2) is 39.5 Å². The van der Waals surface area contributed by atoms with Gasteiger partial charge in [0.1, 0.15) is 0 Å². The molecule has 0 saturated carbocycles. The second-order valence-electron chi connectivity index (χ2n) is 6.55. The van der Waals surface area contributed by atoms with E-state index in [4.69, 9.17) is 23.2 Å². The van der Waals surface area contributed by atoms with E-state index < -0.39 is 0 Å². The smallest absolute Gasteiger partial charge is 0.234 e. The monoisotopic (exact) mass is 463 g/mol. The van der Waals surface area contributed by atoms with E-state index in [0.29, 0.717) is 20.9 Å². The van der Waals surface area contributed by atoms with E-state index in [-0.39, 0.29) is 11.7 Å². The lowest BCUT2D eigenvalue weighted by atomic mass is 10.2. The van der Waals surface area contributed by atoms with Crippen LogP contribution in [0.25, 0.3) is 11.4 Å². The number of aromatic nitrogens is 3. The number of amides is 1. The van der Waals surface area contributed by atoms with Crippen LogP contribution in [0.5, 0.6) is 0 Å². The van der Waals surface area contributed by atoms with Gasteiger partial charge >= 0.3 is 0 Å². The van der Waals surface area contributed by atoms with Crippen LogP contribution in [0.4, 0.5) is 11.4 Å². The molecule has 30 heavy (non-hydrogen) atoms. The topological polar surface area (TPSA) is 63.1 Å². The van der Waals surface area contributed by atoms with Gasteiger partial charge in [-0.1, -0.05) is 35.0 Å². The minimum absolute atomic E-state index is 0.183. The Bertz CT molecular complexity index is 1020. The van der Waals surface area contributed by atoms with Crippen molar-refractivity contribution in [3.8, 4) is 11.4 Å². The van der Waals surface area contributed by atoms with Crippen molar-refractivity contribution in [1.82, 2.24) is 14.8 Å². The zero-order valence-corrected chi connectivity index (χ0v) is 19.4. The fourth-order valence-corrected chi connectivity index (χ4v) is 4.18. The largest absolute Gasteiger partial charge is 0.372 e. The maximum absolute atomic E-state index is 12.3. The lowest BCUT2D eigenvalue weighted by molar-refractivity contribution is -0.113. The van der Waals surface area contributed by atoms with E-state index in [2.05, 4.69) is 46.4 Å². The highest BCUT2D eigenvalue weighted by atomic mass is 35.5. The van der Waals surface area contributed by atoms with Crippen molar-refractivity contribution < 1.29 is 4.79 Å². The van der Waals surface area contributed by atoms with Gasteiger partial charge in [0, 0.05) is 36.4 Å². The number of thioether (sulfide) groups is 1. The van der Waals surface area contributed by atoms with E-state index in [1.807, 2.05) is 23.7 Å². The van der Waals surface area contributed by atoms with Crippen molar-refractivity contribution in [1.29, 1.82) is 0 Å². The Morgan fingerprint density at radius 1 is 1.10 bits per heavy atom. The van der Waals surface area contributed by atoms with Crippen LogP contribution in [-0.2, 0) is 11.8 Å². The maximum Gasteiger partial charge on any atom is 0.234 e. The second-order valence-corrected chi connectivity index (χ2v) is 8.33. The average molecular weight is 464 g/mol. The highest BCUT2D eigenvalue weighted by Crippen LogP contribution is 2.27. The molecule has 0 saturated heterocycles. The van der Waals surface area contributed by atoms with E-state index in [0.717, 1.165) is 24.5 Å². The summed E-state index contributed by atoms with van der Waals surface area (Å²) >= 11 is 13.3. The molecule has 0 bridgehead atoms. The normalized spacial score (nSPS) is 10.8. The summed E-state index contributed by atoms with van der Waals surface area (Å²) in [5.41, 5.74) is 2.68. The highest BCUT2D eigenvalue weighted by molar-refractivity contribution is 7.99. The van der Waals surface area contributed by atoms with Gasteiger partial charge in [-0.25, -0.2) is 0 Å². The standard InChI is InChI=1S/C21H23Cl2N5OS/c1-4-28(5-2)16-9-6-14(7-10-16)20-25-26-21(27(20)3)30-13-19(29)24-18-11-8-15(22)12-17(18)23/h6-12H,4-5,13H2,1-3H3,(H,24,29). The zero-order chi connectivity index (χ0) is 21.7. The Labute approximate surface area is 190 Å². The molecule has 0 aliphatic carbocycles. The summed E-state index contributed by atoms with van der Waals surface area (Å²) < 4.78 is 1.89. The predicted molar refractivity (Wildman–Crippen MR) is 126 cm³/mol. The quantitative estimate of drug-likeness (QED) is 0.455. The lowest BCUT2D eigenvalue weighted by Gasteiger charge is -2.21. The van der Waals surface area contributed by atoms with E-state index in [1.165, 1.54) is 17.4 Å². The number of halogens is 2. The molecule has 0 aliphatic heterocycles. The van der Waals surface area contributed by atoms with Crippen molar-refractivity contribution in [2.75, 3.05) is 29.1 Å². The molecule has 2 aromatic carbocycles. The molecule has 0 unspecified atom stereocenters. The summed E-state index contributed by atoms with van der Waals surface area (Å²) in [5, 5.41) is 12.9. The number of hydrogen-bond donors (Lipinski definition) is 1. The SMILES string of the molecule is CCN(CC)c1ccc(-c2nnc(SCC(=O)Nc3ccc(Cl)cc3Cl)n2C)cc1. The van der Waals surface area contributed by atoms with Crippen molar-refractivity contribution in [2.24, 2.45) is 7.05 Å². The molecule has 0 spiro atoms. The number of nitrogens with zero attached hydrogens (tertiary/aromatic N) is 4. The molecule has 158 valence electrons. The van der Waals surface area contributed by atoms with Gasteiger partial charge in [-0.15, -0.1) is 10.2 Å². The van der Waals surface area contributed by atoms with Crippen LogP contribution in [0.3, 0.4) is 0 Å². The first kappa shape index (κ1) is 22.5. The predicted octanol–water partition coefficient (Wildman–Crippen LogP) is 5.37. The van der Waals surface area contributed by atoms with Gasteiger partial charge in [-0.05, 0) is 56.3 Å². The first-order chi connectivity index (χ1) is 14.4. The summed E-state index contributed by atoms with van der Waals surface area (Å²) in [7, 11) is 1.89. The molecular weight excluding hydrogens is 441 g/mol. The Balaban J connectivity index is 1.64. The molecule has 3 aromatic rings. The Morgan fingerprint density at radius 2 is 1.80 bits per heavy atom. The van der Waals surface area contributed by atoms with Gasteiger partial charge in [0.25, 0.3) is 0 Å². The van der Waals surface area contributed by atoms with Gasteiger partial charge in [-0.2, -0.15) is 0 Å². The first-order valence-electron chi connectivity index (χ1n) is 9.55. The molecule has 0 aliphatic rings. The van der Waals surface area contributed by atoms with Crippen molar-refractivity contribution in [3.63, 3.8) is 0 Å².